The number of halogens is 3. The zero-order valence-corrected chi connectivity index (χ0v) is 14.3. The molecule has 0 aliphatic carbocycles. The van der Waals surface area contributed by atoms with Gasteiger partial charge in [0.15, 0.2) is 0 Å². The molecular weight excluding hydrogens is 352 g/mol. The molecule has 1 N–H and O–H groups in total. The summed E-state index contributed by atoms with van der Waals surface area (Å²) in [5.41, 5.74) is -2.37. The molecule has 0 bridgehead atoms. The number of alkyl halides is 2. The molecule has 1 aromatic carbocycles. The molecule has 25 heavy (non-hydrogen) atoms. The number of nitrogens with one attached hydrogen (secondary N) is 1. The van der Waals surface area contributed by atoms with Crippen molar-refractivity contribution in [3.05, 3.63) is 53.9 Å². The third-order valence-electron chi connectivity index (χ3n) is 3.62. The van der Waals surface area contributed by atoms with Gasteiger partial charge in [0.25, 0.3) is 5.91 Å². The Bertz CT molecular complexity index is 952. The smallest absolute Gasteiger partial charge is 0.317 e. The Hall–Kier alpha value is -2.47. The van der Waals surface area contributed by atoms with E-state index in [1.165, 1.54) is 27.4 Å². The fraction of sp³-hybridized carbons (Fsp3) is 0.188. The third kappa shape index (κ3) is 3.49. The fourth-order valence-corrected chi connectivity index (χ4v) is 2.62. The van der Waals surface area contributed by atoms with Gasteiger partial charge in [-0.1, -0.05) is 9.24 Å². The predicted octanol–water partition coefficient (Wildman–Crippen LogP) is 3.77. The molecule has 0 aliphatic rings. The molecule has 1 amide bonds. The van der Waals surface area contributed by atoms with Crippen LogP contribution in [-0.4, -0.2) is 20.4 Å². The van der Waals surface area contributed by atoms with Crippen LogP contribution in [0.5, 0.6) is 0 Å². The molecule has 0 radical (unpaired) electrons. The number of aryl methyl sites for hydroxylation is 1. The molecule has 0 saturated carbocycles. The number of aromatic nitrogens is 3. The first-order chi connectivity index (χ1) is 11.8. The van der Waals surface area contributed by atoms with Crippen LogP contribution in [0, 0.1) is 5.82 Å². The number of benzene rings is 1. The van der Waals surface area contributed by atoms with Crippen molar-refractivity contribution in [3.63, 3.8) is 0 Å². The second kappa shape index (κ2) is 6.44. The SMILES string of the molecule is CCn1cc(C(=O)Nc2ccnc(C(F)(F)P)n2)c2cc(F)ccc21. The Labute approximate surface area is 143 Å². The van der Waals surface area contributed by atoms with Crippen molar-refractivity contribution in [3.8, 4) is 0 Å². The van der Waals surface area contributed by atoms with Crippen LogP contribution in [0.15, 0.2) is 36.7 Å². The summed E-state index contributed by atoms with van der Waals surface area (Å²) in [6.45, 7) is 2.48. The van der Waals surface area contributed by atoms with E-state index in [0.717, 1.165) is 6.20 Å². The van der Waals surface area contributed by atoms with Gasteiger partial charge in [0, 0.05) is 29.8 Å². The second-order valence-electron chi connectivity index (χ2n) is 5.33. The van der Waals surface area contributed by atoms with Gasteiger partial charge in [-0.3, -0.25) is 4.79 Å². The summed E-state index contributed by atoms with van der Waals surface area (Å²) in [5.74, 6) is -1.83. The van der Waals surface area contributed by atoms with Crippen LogP contribution in [0.25, 0.3) is 10.9 Å². The van der Waals surface area contributed by atoms with Crippen molar-refractivity contribution >= 4 is 31.9 Å². The van der Waals surface area contributed by atoms with E-state index < -0.39 is 23.2 Å². The zero-order chi connectivity index (χ0) is 18.2. The molecule has 130 valence electrons. The van der Waals surface area contributed by atoms with Gasteiger partial charge in [-0.25, -0.2) is 14.4 Å². The minimum Gasteiger partial charge on any atom is -0.347 e. The van der Waals surface area contributed by atoms with Crippen LogP contribution in [0.3, 0.4) is 0 Å². The third-order valence-corrected chi connectivity index (χ3v) is 3.88. The van der Waals surface area contributed by atoms with Crippen molar-refractivity contribution < 1.29 is 18.0 Å². The van der Waals surface area contributed by atoms with Gasteiger partial charge < -0.3 is 9.88 Å². The van der Waals surface area contributed by atoms with E-state index >= 15 is 0 Å². The number of fused-ring (bicyclic) bond motifs is 1. The molecule has 2 aromatic heterocycles. The lowest BCUT2D eigenvalue weighted by molar-refractivity contribution is 0.0928. The monoisotopic (exact) mass is 366 g/mol. The normalized spacial score (nSPS) is 11.7. The molecular formula is C16H14F3N4OP. The number of amides is 1. The van der Waals surface area contributed by atoms with Gasteiger partial charge in [0.1, 0.15) is 11.6 Å². The van der Waals surface area contributed by atoms with E-state index in [0.29, 0.717) is 17.4 Å². The van der Waals surface area contributed by atoms with Crippen molar-refractivity contribution in [1.82, 2.24) is 14.5 Å². The van der Waals surface area contributed by atoms with Gasteiger partial charge in [-0.05, 0) is 31.2 Å². The highest BCUT2D eigenvalue weighted by Crippen LogP contribution is 2.32. The maximum absolute atomic E-state index is 13.6. The molecule has 0 spiro atoms. The minimum atomic E-state index is -3.30. The number of rotatable bonds is 4. The Morgan fingerprint density at radius 2 is 2.12 bits per heavy atom. The quantitative estimate of drug-likeness (QED) is 0.715. The number of carbonyl (C=O) groups excluding carboxylic acids is 1. The van der Waals surface area contributed by atoms with E-state index in [2.05, 4.69) is 15.3 Å². The number of anilines is 1. The first kappa shape index (κ1) is 17.4. The number of hydrogen-bond acceptors (Lipinski definition) is 3. The van der Waals surface area contributed by atoms with E-state index in [1.807, 2.05) is 6.92 Å². The Balaban J connectivity index is 1.97. The summed E-state index contributed by atoms with van der Waals surface area (Å²) >= 11 is 0. The highest BCUT2D eigenvalue weighted by Gasteiger charge is 2.28. The summed E-state index contributed by atoms with van der Waals surface area (Å²) in [6, 6.07) is 5.46. The average Bonchev–Trinajstić information content (AvgIpc) is 2.92. The molecule has 0 fully saturated rings. The Morgan fingerprint density at radius 3 is 2.80 bits per heavy atom. The summed E-state index contributed by atoms with van der Waals surface area (Å²) < 4.78 is 41.9. The molecule has 0 aliphatic heterocycles. The summed E-state index contributed by atoms with van der Waals surface area (Å²) in [6.07, 6.45) is 2.72. The molecule has 1 unspecified atom stereocenters. The predicted molar refractivity (Wildman–Crippen MR) is 91.2 cm³/mol. The second-order valence-corrected chi connectivity index (χ2v) is 6.06. The Morgan fingerprint density at radius 1 is 1.36 bits per heavy atom. The lowest BCUT2D eigenvalue weighted by atomic mass is 10.1. The van der Waals surface area contributed by atoms with E-state index in [-0.39, 0.29) is 11.4 Å². The van der Waals surface area contributed by atoms with Gasteiger partial charge in [0.05, 0.1) is 5.56 Å². The van der Waals surface area contributed by atoms with Gasteiger partial charge in [-0.2, -0.15) is 8.78 Å². The first-order valence-corrected chi connectivity index (χ1v) is 7.97. The molecule has 2 heterocycles. The summed E-state index contributed by atoms with van der Waals surface area (Å²) in [4.78, 5) is 19.7. The number of nitrogens with zero attached hydrogens (tertiary/aromatic N) is 3. The lowest BCUT2D eigenvalue weighted by Gasteiger charge is -2.10. The van der Waals surface area contributed by atoms with E-state index in [4.69, 9.17) is 0 Å². The lowest BCUT2D eigenvalue weighted by Crippen LogP contribution is -2.16. The van der Waals surface area contributed by atoms with Crippen LogP contribution in [0.4, 0.5) is 19.0 Å². The number of hydrogen-bond donors (Lipinski definition) is 1. The highest BCUT2D eigenvalue weighted by atomic mass is 31.0. The molecule has 9 heteroatoms. The maximum atomic E-state index is 13.6. The van der Waals surface area contributed by atoms with Gasteiger partial charge in [-0.15, -0.1) is 0 Å². The standard InChI is InChI=1S/C16H14F3N4OP/c1-2-23-8-11(10-7-9(17)3-4-12(10)23)14(24)21-13-5-6-20-15(22-13)16(18,19)25/h3-8H,2,25H2,1H3,(H,20,21,22,24). The van der Waals surface area contributed by atoms with Crippen LogP contribution < -0.4 is 5.32 Å². The van der Waals surface area contributed by atoms with Crippen molar-refractivity contribution in [1.29, 1.82) is 0 Å². The van der Waals surface area contributed by atoms with Crippen molar-refractivity contribution in [2.24, 2.45) is 0 Å². The van der Waals surface area contributed by atoms with Crippen LogP contribution in [0.2, 0.25) is 0 Å². The zero-order valence-electron chi connectivity index (χ0n) is 13.1. The fourth-order valence-electron chi connectivity index (χ4n) is 2.48. The van der Waals surface area contributed by atoms with Gasteiger partial charge in [0.2, 0.25) is 5.82 Å². The molecule has 0 saturated heterocycles. The summed E-state index contributed by atoms with van der Waals surface area (Å²) in [5, 5.41) is 2.89. The minimum absolute atomic E-state index is 0.0640. The highest BCUT2D eigenvalue weighted by molar-refractivity contribution is 7.17. The molecule has 3 aromatic rings. The summed E-state index contributed by atoms with van der Waals surface area (Å²) in [7, 11) is 1.34. The molecule has 5 nitrogen and oxygen atoms in total. The largest absolute Gasteiger partial charge is 0.347 e. The first-order valence-electron chi connectivity index (χ1n) is 7.39. The molecule has 3 rings (SSSR count). The average molecular weight is 366 g/mol. The van der Waals surface area contributed by atoms with Crippen molar-refractivity contribution in [2.45, 2.75) is 19.1 Å². The van der Waals surface area contributed by atoms with E-state index in [1.54, 1.807) is 16.8 Å². The Kier molecular flexibility index (Phi) is 4.47. The van der Waals surface area contributed by atoms with Crippen molar-refractivity contribution in [2.75, 3.05) is 5.32 Å². The van der Waals surface area contributed by atoms with Crippen LogP contribution >= 0.6 is 9.24 Å². The van der Waals surface area contributed by atoms with Gasteiger partial charge >= 0.3 is 5.66 Å². The topological polar surface area (TPSA) is 59.8 Å². The number of carbonyl (C=O) groups is 1. The maximum Gasteiger partial charge on any atom is 0.317 e. The van der Waals surface area contributed by atoms with Crippen LogP contribution in [0.1, 0.15) is 23.1 Å². The van der Waals surface area contributed by atoms with E-state index in [9.17, 15) is 18.0 Å². The molecule has 1 atom stereocenters. The van der Waals surface area contributed by atoms with Crippen LogP contribution in [-0.2, 0) is 12.2 Å².